The first-order chi connectivity index (χ1) is 9.80. The van der Waals surface area contributed by atoms with Crippen molar-refractivity contribution in [1.82, 2.24) is 4.90 Å². The molecule has 2 spiro atoms. The van der Waals surface area contributed by atoms with Crippen LogP contribution in [0.2, 0.25) is 0 Å². The number of Topliss-reactive ketones (excluding diaryl/α,β-unsaturated/α-hetero) is 1. The standard InChI is InChI=1S/C18H27NO/c20-16-17(9-3-1-4-10-17)15(19-13-7-8-14-19)18(16)11-5-2-6-12-18/h1,3,15H,2,4-14H2. The third-order valence-corrected chi connectivity index (χ3v) is 6.61. The van der Waals surface area contributed by atoms with Crippen LogP contribution in [0.3, 0.4) is 0 Å². The van der Waals surface area contributed by atoms with Gasteiger partial charge in [-0.3, -0.25) is 9.69 Å². The number of carbonyl (C=O) groups excluding carboxylic acids is 1. The third-order valence-electron chi connectivity index (χ3n) is 6.61. The molecule has 0 N–H and O–H groups in total. The summed E-state index contributed by atoms with van der Waals surface area (Å²) in [6.07, 6.45) is 16.8. The van der Waals surface area contributed by atoms with Crippen LogP contribution in [0.1, 0.15) is 64.2 Å². The molecule has 110 valence electrons. The maximum Gasteiger partial charge on any atom is 0.148 e. The van der Waals surface area contributed by atoms with Crippen LogP contribution < -0.4 is 0 Å². The maximum absolute atomic E-state index is 13.2. The number of rotatable bonds is 1. The Morgan fingerprint density at radius 3 is 2.30 bits per heavy atom. The predicted octanol–water partition coefficient (Wildman–Crippen LogP) is 3.71. The zero-order chi connectivity index (χ0) is 13.6. The summed E-state index contributed by atoms with van der Waals surface area (Å²) < 4.78 is 0. The summed E-state index contributed by atoms with van der Waals surface area (Å²) in [5, 5.41) is 0. The van der Waals surface area contributed by atoms with E-state index in [2.05, 4.69) is 17.1 Å². The van der Waals surface area contributed by atoms with E-state index in [0.29, 0.717) is 11.8 Å². The number of likely N-dealkylation sites (tertiary alicyclic amines) is 1. The van der Waals surface area contributed by atoms with E-state index in [1.807, 2.05) is 0 Å². The molecule has 1 saturated heterocycles. The van der Waals surface area contributed by atoms with Gasteiger partial charge in [-0.25, -0.2) is 0 Å². The molecule has 1 heterocycles. The van der Waals surface area contributed by atoms with Crippen LogP contribution in [-0.2, 0) is 4.79 Å². The van der Waals surface area contributed by atoms with Gasteiger partial charge in [0.1, 0.15) is 5.78 Å². The number of hydrogen-bond donors (Lipinski definition) is 0. The molecule has 2 saturated carbocycles. The zero-order valence-electron chi connectivity index (χ0n) is 12.6. The highest BCUT2D eigenvalue weighted by molar-refractivity contribution is 5.99. The summed E-state index contributed by atoms with van der Waals surface area (Å²) in [4.78, 5) is 15.9. The fourth-order valence-electron chi connectivity index (χ4n) is 5.89. The summed E-state index contributed by atoms with van der Waals surface area (Å²) in [5.74, 6) is 0.658. The van der Waals surface area contributed by atoms with Gasteiger partial charge in [0.05, 0.1) is 0 Å². The van der Waals surface area contributed by atoms with Crippen LogP contribution in [0.25, 0.3) is 0 Å². The van der Waals surface area contributed by atoms with E-state index in [9.17, 15) is 4.79 Å². The third kappa shape index (κ3) is 1.57. The first-order valence-corrected chi connectivity index (χ1v) is 8.74. The van der Waals surface area contributed by atoms with E-state index < -0.39 is 0 Å². The number of allylic oxidation sites excluding steroid dienone is 2. The van der Waals surface area contributed by atoms with Crippen LogP contribution in [-0.4, -0.2) is 29.8 Å². The van der Waals surface area contributed by atoms with E-state index in [0.717, 1.165) is 19.3 Å². The Labute approximate surface area is 122 Å². The van der Waals surface area contributed by atoms with E-state index in [4.69, 9.17) is 0 Å². The minimum atomic E-state index is 0.0103. The molecule has 0 bridgehead atoms. The van der Waals surface area contributed by atoms with E-state index in [1.165, 1.54) is 58.0 Å². The maximum atomic E-state index is 13.2. The molecule has 4 rings (SSSR count). The Morgan fingerprint density at radius 1 is 0.900 bits per heavy atom. The molecule has 2 atom stereocenters. The highest BCUT2D eigenvalue weighted by Gasteiger charge is 2.70. The summed E-state index contributed by atoms with van der Waals surface area (Å²) in [6, 6.07) is 0.579. The molecular weight excluding hydrogens is 246 g/mol. The van der Waals surface area contributed by atoms with Crippen molar-refractivity contribution in [2.45, 2.75) is 70.3 Å². The SMILES string of the molecule is O=C1C2(CC=CCC2)C(N2CCCC2)C12CCCCC2. The van der Waals surface area contributed by atoms with Crippen LogP contribution >= 0.6 is 0 Å². The summed E-state index contributed by atoms with van der Waals surface area (Å²) in [7, 11) is 0. The lowest BCUT2D eigenvalue weighted by atomic mass is 9.41. The van der Waals surface area contributed by atoms with Gasteiger partial charge in [0, 0.05) is 16.9 Å². The molecule has 0 radical (unpaired) electrons. The summed E-state index contributed by atoms with van der Waals surface area (Å²) >= 11 is 0. The van der Waals surface area contributed by atoms with Gasteiger partial charge in [0.25, 0.3) is 0 Å². The molecule has 0 aromatic carbocycles. The predicted molar refractivity (Wildman–Crippen MR) is 80.5 cm³/mol. The Morgan fingerprint density at radius 2 is 1.65 bits per heavy atom. The molecule has 4 aliphatic rings. The molecule has 2 heteroatoms. The topological polar surface area (TPSA) is 20.3 Å². The lowest BCUT2D eigenvalue weighted by Gasteiger charge is -2.66. The number of ketones is 1. The molecule has 0 aromatic heterocycles. The van der Waals surface area contributed by atoms with Crippen molar-refractivity contribution in [3.63, 3.8) is 0 Å². The van der Waals surface area contributed by atoms with Gasteiger partial charge >= 0.3 is 0 Å². The van der Waals surface area contributed by atoms with Crippen molar-refractivity contribution in [2.75, 3.05) is 13.1 Å². The van der Waals surface area contributed by atoms with Gasteiger partial charge in [-0.1, -0.05) is 31.4 Å². The number of carbonyl (C=O) groups is 1. The second-order valence-corrected chi connectivity index (χ2v) is 7.56. The van der Waals surface area contributed by atoms with Crippen molar-refractivity contribution >= 4 is 5.78 Å². The van der Waals surface area contributed by atoms with Crippen LogP contribution in [0.4, 0.5) is 0 Å². The summed E-state index contributed by atoms with van der Waals surface area (Å²) in [6.45, 7) is 2.48. The fraction of sp³-hybridized carbons (Fsp3) is 0.833. The molecule has 3 aliphatic carbocycles. The Kier molecular flexibility index (Phi) is 3.06. The zero-order valence-corrected chi connectivity index (χ0v) is 12.6. The van der Waals surface area contributed by atoms with Crippen molar-refractivity contribution in [3.8, 4) is 0 Å². The quantitative estimate of drug-likeness (QED) is 0.679. The van der Waals surface area contributed by atoms with Crippen molar-refractivity contribution < 1.29 is 4.79 Å². The lowest BCUT2D eigenvalue weighted by molar-refractivity contribution is -0.187. The average molecular weight is 273 g/mol. The van der Waals surface area contributed by atoms with Gasteiger partial charge in [-0.2, -0.15) is 0 Å². The number of nitrogens with zero attached hydrogens (tertiary/aromatic N) is 1. The first kappa shape index (κ1) is 13.1. The van der Waals surface area contributed by atoms with Gasteiger partial charge < -0.3 is 0 Å². The normalized spacial score (nSPS) is 40.4. The van der Waals surface area contributed by atoms with E-state index in [1.54, 1.807) is 0 Å². The molecule has 0 aromatic rings. The molecule has 1 aliphatic heterocycles. The Balaban J connectivity index is 1.69. The Bertz CT molecular complexity index is 429. The second-order valence-electron chi connectivity index (χ2n) is 7.56. The van der Waals surface area contributed by atoms with Gasteiger partial charge in [-0.05, 0) is 58.0 Å². The minimum absolute atomic E-state index is 0.0103. The lowest BCUT2D eigenvalue weighted by Crippen LogP contribution is -2.75. The van der Waals surface area contributed by atoms with Crippen LogP contribution in [0, 0.1) is 10.8 Å². The average Bonchev–Trinajstić information content (AvgIpc) is 3.02. The molecule has 2 unspecified atom stereocenters. The molecular formula is C18H27NO. The van der Waals surface area contributed by atoms with Gasteiger partial charge in [0.2, 0.25) is 0 Å². The fourth-order valence-corrected chi connectivity index (χ4v) is 5.89. The first-order valence-electron chi connectivity index (χ1n) is 8.74. The van der Waals surface area contributed by atoms with Crippen molar-refractivity contribution in [3.05, 3.63) is 12.2 Å². The largest absolute Gasteiger partial charge is 0.298 e. The van der Waals surface area contributed by atoms with Crippen molar-refractivity contribution in [2.24, 2.45) is 10.8 Å². The van der Waals surface area contributed by atoms with E-state index in [-0.39, 0.29) is 10.8 Å². The Hall–Kier alpha value is -0.630. The monoisotopic (exact) mass is 273 g/mol. The molecule has 3 fully saturated rings. The van der Waals surface area contributed by atoms with Crippen LogP contribution in [0.15, 0.2) is 12.2 Å². The molecule has 0 amide bonds. The molecule has 2 nitrogen and oxygen atoms in total. The van der Waals surface area contributed by atoms with E-state index >= 15 is 0 Å². The smallest absolute Gasteiger partial charge is 0.148 e. The second kappa shape index (κ2) is 4.69. The highest BCUT2D eigenvalue weighted by Crippen LogP contribution is 2.64. The molecule has 20 heavy (non-hydrogen) atoms. The van der Waals surface area contributed by atoms with Gasteiger partial charge in [0.15, 0.2) is 0 Å². The highest BCUT2D eigenvalue weighted by atomic mass is 16.1. The summed E-state index contributed by atoms with van der Waals surface area (Å²) in [5.41, 5.74) is 0.0736. The van der Waals surface area contributed by atoms with Crippen LogP contribution in [0.5, 0.6) is 0 Å². The number of hydrogen-bond acceptors (Lipinski definition) is 2. The van der Waals surface area contributed by atoms with Gasteiger partial charge in [-0.15, -0.1) is 0 Å². The van der Waals surface area contributed by atoms with Crippen molar-refractivity contribution in [1.29, 1.82) is 0 Å². The minimum Gasteiger partial charge on any atom is -0.298 e.